The molecule has 6 heteroatoms. The number of aliphatic hydroxyl groups is 1. The maximum atomic E-state index is 11.9. The third-order valence-corrected chi connectivity index (χ3v) is 4.29. The van der Waals surface area contributed by atoms with Crippen LogP contribution in [0.1, 0.15) is 54.6 Å². The van der Waals surface area contributed by atoms with Crippen LogP contribution in [0.5, 0.6) is 11.5 Å². The molecule has 4 atom stereocenters. The van der Waals surface area contributed by atoms with Crippen LogP contribution < -0.4 is 0 Å². The van der Waals surface area contributed by atoms with Crippen LogP contribution in [0.25, 0.3) is 0 Å². The molecule has 0 radical (unpaired) electrons. The van der Waals surface area contributed by atoms with Crippen molar-refractivity contribution in [1.29, 1.82) is 0 Å². The highest BCUT2D eigenvalue weighted by molar-refractivity contribution is 5.97. The number of aliphatic hydroxyl groups excluding tert-OH is 1. The molecule has 0 bridgehead atoms. The number of hydrogen-bond donors (Lipinski definition) is 3. The van der Waals surface area contributed by atoms with Crippen molar-refractivity contribution in [1.82, 2.24) is 0 Å². The second-order valence-corrected chi connectivity index (χ2v) is 6.06. The lowest BCUT2D eigenvalue weighted by molar-refractivity contribution is -0.0808. The summed E-state index contributed by atoms with van der Waals surface area (Å²) in [6.07, 6.45) is 1.52. The van der Waals surface area contributed by atoms with Gasteiger partial charge in [0, 0.05) is 18.1 Å². The van der Waals surface area contributed by atoms with E-state index in [1.165, 1.54) is 6.07 Å². The van der Waals surface area contributed by atoms with Gasteiger partial charge in [0.25, 0.3) is 0 Å². The molecule has 1 fully saturated rings. The quantitative estimate of drug-likeness (QED) is 0.739. The number of phenolic OH excluding ortho intramolecular Hbond substituents is 2. The van der Waals surface area contributed by atoms with E-state index in [9.17, 15) is 20.1 Å². The summed E-state index contributed by atoms with van der Waals surface area (Å²) in [7, 11) is 0. The summed E-state index contributed by atoms with van der Waals surface area (Å²) >= 11 is 0. The molecule has 22 heavy (non-hydrogen) atoms. The van der Waals surface area contributed by atoms with Crippen LogP contribution in [0.2, 0.25) is 0 Å². The van der Waals surface area contributed by atoms with Gasteiger partial charge in [-0.05, 0) is 32.3 Å². The van der Waals surface area contributed by atoms with E-state index in [0.717, 1.165) is 25.3 Å². The number of rotatable bonds is 3. The SMILES string of the molecule is C[C@H]1CCC[C@H](C[C@@H](O)[C@@H]2OC(=O)c3c(O)cc(O)cc32)O1. The van der Waals surface area contributed by atoms with Gasteiger partial charge < -0.3 is 24.8 Å². The molecular formula is C16H20O6. The predicted octanol–water partition coefficient (Wildman–Crippen LogP) is 2.02. The van der Waals surface area contributed by atoms with E-state index in [1.807, 2.05) is 6.92 Å². The molecular weight excluding hydrogens is 288 g/mol. The predicted molar refractivity (Wildman–Crippen MR) is 76.7 cm³/mol. The molecule has 120 valence electrons. The highest BCUT2D eigenvalue weighted by Gasteiger charge is 2.39. The van der Waals surface area contributed by atoms with Crippen LogP contribution in [0.3, 0.4) is 0 Å². The van der Waals surface area contributed by atoms with Gasteiger partial charge in [-0.25, -0.2) is 4.79 Å². The first-order valence-electron chi connectivity index (χ1n) is 7.56. The van der Waals surface area contributed by atoms with Gasteiger partial charge in [-0.1, -0.05) is 0 Å². The molecule has 0 aromatic heterocycles. The van der Waals surface area contributed by atoms with Crippen molar-refractivity contribution >= 4 is 5.97 Å². The molecule has 6 nitrogen and oxygen atoms in total. The molecule has 2 heterocycles. The Morgan fingerprint density at radius 2 is 2.09 bits per heavy atom. The van der Waals surface area contributed by atoms with Gasteiger partial charge in [-0.2, -0.15) is 0 Å². The summed E-state index contributed by atoms with van der Waals surface area (Å²) in [5.41, 5.74) is 0.332. The number of carbonyl (C=O) groups is 1. The molecule has 3 N–H and O–H groups in total. The van der Waals surface area contributed by atoms with Gasteiger partial charge in [0.15, 0.2) is 6.10 Å². The Balaban J connectivity index is 1.78. The monoisotopic (exact) mass is 308 g/mol. The van der Waals surface area contributed by atoms with Crippen LogP contribution in [-0.4, -0.2) is 39.6 Å². The highest BCUT2D eigenvalue weighted by atomic mass is 16.6. The van der Waals surface area contributed by atoms with Crippen LogP contribution in [-0.2, 0) is 9.47 Å². The number of ether oxygens (including phenoxy) is 2. The Labute approximate surface area is 128 Å². The minimum Gasteiger partial charge on any atom is -0.508 e. The lowest BCUT2D eigenvalue weighted by atomic mass is 9.94. The number of hydrogen-bond acceptors (Lipinski definition) is 6. The zero-order chi connectivity index (χ0) is 15.9. The van der Waals surface area contributed by atoms with Crippen molar-refractivity contribution in [2.24, 2.45) is 0 Å². The minimum absolute atomic E-state index is 0.0137. The van der Waals surface area contributed by atoms with Gasteiger partial charge in [0.2, 0.25) is 0 Å². The van der Waals surface area contributed by atoms with Gasteiger partial charge in [-0.15, -0.1) is 0 Å². The van der Waals surface area contributed by atoms with E-state index < -0.39 is 18.2 Å². The Kier molecular flexibility index (Phi) is 3.97. The molecule has 0 amide bonds. The fourth-order valence-corrected chi connectivity index (χ4v) is 3.27. The first-order valence-corrected chi connectivity index (χ1v) is 7.56. The van der Waals surface area contributed by atoms with E-state index in [0.29, 0.717) is 12.0 Å². The van der Waals surface area contributed by atoms with Crippen molar-refractivity contribution < 1.29 is 29.6 Å². The Morgan fingerprint density at radius 1 is 1.32 bits per heavy atom. The summed E-state index contributed by atoms with van der Waals surface area (Å²) in [5.74, 6) is -1.19. The van der Waals surface area contributed by atoms with Crippen LogP contribution in [0.4, 0.5) is 0 Å². The van der Waals surface area contributed by atoms with E-state index in [1.54, 1.807) is 0 Å². The molecule has 3 rings (SSSR count). The van der Waals surface area contributed by atoms with Crippen LogP contribution >= 0.6 is 0 Å². The van der Waals surface area contributed by atoms with Crippen molar-refractivity contribution in [3.63, 3.8) is 0 Å². The third-order valence-electron chi connectivity index (χ3n) is 4.29. The van der Waals surface area contributed by atoms with Crippen molar-refractivity contribution in [3.05, 3.63) is 23.3 Å². The molecule has 0 unspecified atom stereocenters. The molecule has 0 aliphatic carbocycles. The number of phenols is 2. The topological polar surface area (TPSA) is 96.2 Å². The maximum Gasteiger partial charge on any atom is 0.343 e. The van der Waals surface area contributed by atoms with Gasteiger partial charge >= 0.3 is 5.97 Å². The number of cyclic esters (lactones) is 1. The first kappa shape index (κ1) is 15.1. The molecule has 1 aromatic carbocycles. The summed E-state index contributed by atoms with van der Waals surface area (Å²) in [5, 5.41) is 29.8. The van der Waals surface area contributed by atoms with Crippen LogP contribution in [0.15, 0.2) is 12.1 Å². The van der Waals surface area contributed by atoms with E-state index >= 15 is 0 Å². The molecule has 0 spiro atoms. The number of carbonyl (C=O) groups excluding carboxylic acids is 1. The average Bonchev–Trinajstić information content (AvgIpc) is 2.76. The summed E-state index contributed by atoms with van der Waals surface area (Å²) in [6, 6.07) is 2.43. The van der Waals surface area contributed by atoms with Gasteiger partial charge in [0.1, 0.15) is 17.1 Å². The standard InChI is InChI=1S/C16H20O6/c1-8-3-2-4-10(21-8)7-13(19)15-11-5-9(17)6-12(18)14(11)16(20)22-15/h5-6,8,10,13,15,17-19H,2-4,7H2,1H3/t8-,10+,13+,15+/m0/s1. The normalized spacial score (nSPS) is 29.0. The second kappa shape index (κ2) is 5.78. The maximum absolute atomic E-state index is 11.9. The lowest BCUT2D eigenvalue weighted by Crippen LogP contribution is -2.31. The van der Waals surface area contributed by atoms with E-state index in [4.69, 9.17) is 9.47 Å². The molecule has 0 saturated carbocycles. The van der Waals surface area contributed by atoms with Gasteiger partial charge in [0.05, 0.1) is 18.3 Å². The van der Waals surface area contributed by atoms with Crippen molar-refractivity contribution in [3.8, 4) is 11.5 Å². The number of esters is 1. The molecule has 1 aromatic rings. The van der Waals surface area contributed by atoms with Crippen LogP contribution in [0, 0.1) is 0 Å². The lowest BCUT2D eigenvalue weighted by Gasteiger charge is -2.30. The van der Waals surface area contributed by atoms with E-state index in [2.05, 4.69) is 0 Å². The Morgan fingerprint density at radius 3 is 2.82 bits per heavy atom. The van der Waals surface area contributed by atoms with Crippen molar-refractivity contribution in [2.45, 2.75) is 57.0 Å². The second-order valence-electron chi connectivity index (χ2n) is 6.06. The fourth-order valence-electron chi connectivity index (χ4n) is 3.27. The summed E-state index contributed by atoms with van der Waals surface area (Å²) in [6.45, 7) is 2.00. The summed E-state index contributed by atoms with van der Waals surface area (Å²) in [4.78, 5) is 11.9. The Bertz CT molecular complexity index is 584. The molecule has 2 aliphatic rings. The zero-order valence-electron chi connectivity index (χ0n) is 12.4. The number of benzene rings is 1. The average molecular weight is 308 g/mol. The van der Waals surface area contributed by atoms with E-state index in [-0.39, 0.29) is 29.3 Å². The fraction of sp³-hybridized carbons (Fsp3) is 0.562. The van der Waals surface area contributed by atoms with Gasteiger partial charge in [-0.3, -0.25) is 0 Å². The largest absolute Gasteiger partial charge is 0.508 e. The zero-order valence-corrected chi connectivity index (χ0v) is 12.4. The minimum atomic E-state index is -0.943. The highest BCUT2D eigenvalue weighted by Crippen LogP contribution is 2.41. The first-order chi connectivity index (χ1) is 10.5. The summed E-state index contributed by atoms with van der Waals surface area (Å²) < 4.78 is 11.0. The van der Waals surface area contributed by atoms with Crippen molar-refractivity contribution in [2.75, 3.05) is 0 Å². The molecule has 1 saturated heterocycles. The molecule has 2 aliphatic heterocycles. The Hall–Kier alpha value is -1.79. The smallest absolute Gasteiger partial charge is 0.343 e. The third kappa shape index (κ3) is 2.76. The number of aromatic hydroxyl groups is 2. The number of fused-ring (bicyclic) bond motifs is 1.